The smallest absolute Gasteiger partial charge is 0.207 e. The third-order valence-corrected chi connectivity index (χ3v) is 6.56. The molecule has 0 N–H and O–H groups in total. The lowest BCUT2D eigenvalue weighted by atomic mass is 10.0. The second-order valence-corrected chi connectivity index (χ2v) is 7.31. The van der Waals surface area contributed by atoms with Gasteiger partial charge in [0.25, 0.3) is 0 Å². The Hall–Kier alpha value is -0.870. The Bertz CT molecular complexity index is 538. The predicted octanol–water partition coefficient (Wildman–Crippen LogP) is 1.86. The summed E-state index contributed by atoms with van der Waals surface area (Å²) in [7, 11) is -3.22. The van der Waals surface area contributed by atoms with Crippen molar-refractivity contribution in [2.45, 2.75) is 36.2 Å². The Kier molecular flexibility index (Phi) is 1.85. The molecule has 3 nitrogen and oxygen atoms in total. The normalized spacial score (nSPS) is 42.5. The maximum absolute atomic E-state index is 12.5. The van der Waals surface area contributed by atoms with E-state index in [4.69, 9.17) is 0 Å². The molecular weight excluding hydrogens is 234 g/mol. The fourth-order valence-corrected chi connectivity index (χ4v) is 5.85. The molecule has 0 amide bonds. The molecule has 2 aliphatic carbocycles. The molecule has 1 saturated heterocycles. The number of fused-ring (bicyclic) bond motifs is 5. The zero-order chi connectivity index (χ0) is 11.6. The lowest BCUT2D eigenvalue weighted by molar-refractivity contribution is 0.447. The van der Waals surface area contributed by atoms with Crippen molar-refractivity contribution in [1.82, 2.24) is 4.31 Å². The van der Waals surface area contributed by atoms with Gasteiger partial charge in [0.2, 0.25) is 10.0 Å². The summed E-state index contributed by atoms with van der Waals surface area (Å²) in [5.74, 6) is 1.28. The summed E-state index contributed by atoms with van der Waals surface area (Å²) in [5.41, 5.74) is 0. The van der Waals surface area contributed by atoms with Crippen LogP contribution in [0, 0.1) is 11.8 Å². The number of rotatable bonds is 2. The van der Waals surface area contributed by atoms with Gasteiger partial charge in [0.15, 0.2) is 0 Å². The molecule has 5 atom stereocenters. The SMILES string of the molecule is O=S(=O)(c1ccccc1)N1[C@@H]2[C@@H]3CC[C@H](C3)[C@@H]21. The molecule has 3 aliphatic rings. The average molecular weight is 249 g/mol. The van der Waals surface area contributed by atoms with Gasteiger partial charge in [-0.15, -0.1) is 0 Å². The van der Waals surface area contributed by atoms with E-state index in [1.165, 1.54) is 19.3 Å². The first kappa shape index (κ1) is 10.1. The lowest BCUT2D eigenvalue weighted by Crippen LogP contribution is -2.21. The fraction of sp³-hybridized carbons (Fsp3) is 0.538. The summed E-state index contributed by atoms with van der Waals surface area (Å²) in [6, 6.07) is 9.50. The maximum atomic E-state index is 12.5. The van der Waals surface area contributed by atoms with Gasteiger partial charge in [-0.3, -0.25) is 0 Å². The van der Waals surface area contributed by atoms with Gasteiger partial charge < -0.3 is 0 Å². The van der Waals surface area contributed by atoms with Crippen LogP contribution in [0.1, 0.15) is 19.3 Å². The number of benzene rings is 1. The lowest BCUT2D eigenvalue weighted by Gasteiger charge is -2.12. The highest BCUT2D eigenvalue weighted by Crippen LogP contribution is 2.60. The first-order valence-electron chi connectivity index (χ1n) is 6.28. The van der Waals surface area contributed by atoms with Gasteiger partial charge in [0, 0.05) is 12.1 Å². The largest absolute Gasteiger partial charge is 0.243 e. The third kappa shape index (κ3) is 1.23. The summed E-state index contributed by atoms with van der Waals surface area (Å²) in [5, 5.41) is 0. The zero-order valence-corrected chi connectivity index (χ0v) is 10.3. The van der Waals surface area contributed by atoms with Gasteiger partial charge in [-0.05, 0) is 43.2 Å². The Morgan fingerprint density at radius 2 is 1.59 bits per heavy atom. The van der Waals surface area contributed by atoms with Crippen molar-refractivity contribution in [2.24, 2.45) is 11.8 Å². The van der Waals surface area contributed by atoms with E-state index in [1.54, 1.807) is 28.6 Å². The van der Waals surface area contributed by atoms with Crippen LogP contribution in [-0.2, 0) is 10.0 Å². The fourth-order valence-electron chi connectivity index (χ4n) is 3.93. The van der Waals surface area contributed by atoms with Crippen molar-refractivity contribution in [1.29, 1.82) is 0 Å². The maximum Gasteiger partial charge on any atom is 0.243 e. The molecule has 0 spiro atoms. The van der Waals surface area contributed by atoms with Crippen molar-refractivity contribution in [3.8, 4) is 0 Å². The molecule has 90 valence electrons. The van der Waals surface area contributed by atoms with Gasteiger partial charge in [-0.2, -0.15) is 4.31 Å². The summed E-state index contributed by atoms with van der Waals surface area (Å²) in [4.78, 5) is 0.453. The standard InChI is InChI=1S/C13H15NO2S/c15-17(16,11-4-2-1-3-5-11)14-12-9-6-7-10(8-9)13(12)14/h1-5,9-10,12-13H,6-8H2/t9-,10-,12-,13+,14?/m1/s1. The molecule has 1 aromatic carbocycles. The number of sulfonamides is 1. The first-order valence-corrected chi connectivity index (χ1v) is 7.72. The van der Waals surface area contributed by atoms with Crippen LogP contribution in [0.3, 0.4) is 0 Å². The van der Waals surface area contributed by atoms with Crippen molar-refractivity contribution < 1.29 is 8.42 Å². The molecule has 0 aromatic heterocycles. The topological polar surface area (TPSA) is 37.1 Å². The van der Waals surface area contributed by atoms with Crippen LogP contribution in [0.25, 0.3) is 0 Å². The van der Waals surface area contributed by atoms with Gasteiger partial charge in [-0.1, -0.05) is 18.2 Å². The molecule has 4 heteroatoms. The highest BCUT2D eigenvalue weighted by atomic mass is 32.2. The van der Waals surface area contributed by atoms with E-state index >= 15 is 0 Å². The number of hydrogen-bond donors (Lipinski definition) is 0. The van der Waals surface area contributed by atoms with Gasteiger partial charge in [0.1, 0.15) is 0 Å². The summed E-state index contributed by atoms with van der Waals surface area (Å²) < 4.78 is 26.7. The molecule has 2 bridgehead atoms. The van der Waals surface area contributed by atoms with E-state index in [2.05, 4.69) is 0 Å². The van der Waals surface area contributed by atoms with Crippen LogP contribution < -0.4 is 0 Å². The van der Waals surface area contributed by atoms with Crippen LogP contribution >= 0.6 is 0 Å². The van der Waals surface area contributed by atoms with Gasteiger partial charge >= 0.3 is 0 Å². The van der Waals surface area contributed by atoms with Crippen LogP contribution in [0.4, 0.5) is 0 Å². The molecule has 0 radical (unpaired) electrons. The third-order valence-electron chi connectivity index (χ3n) is 4.65. The summed E-state index contributed by atoms with van der Waals surface area (Å²) in [6.07, 6.45) is 3.72. The molecular formula is C13H15NO2S. The van der Waals surface area contributed by atoms with Gasteiger partial charge in [-0.25, -0.2) is 8.42 Å². The Morgan fingerprint density at radius 1 is 1.00 bits per heavy atom. The predicted molar refractivity (Wildman–Crippen MR) is 63.9 cm³/mol. The molecule has 1 aliphatic heterocycles. The second kappa shape index (κ2) is 3.12. The molecule has 1 aromatic rings. The first-order chi connectivity index (χ1) is 8.19. The van der Waals surface area contributed by atoms with Crippen LogP contribution in [0.5, 0.6) is 0 Å². The van der Waals surface area contributed by atoms with E-state index in [0.29, 0.717) is 28.8 Å². The molecule has 4 rings (SSSR count). The second-order valence-electron chi connectivity index (χ2n) is 5.46. The van der Waals surface area contributed by atoms with Gasteiger partial charge in [0.05, 0.1) is 4.90 Å². The molecule has 1 heterocycles. The summed E-state index contributed by atoms with van der Waals surface area (Å²) in [6.45, 7) is 0. The monoisotopic (exact) mass is 249 g/mol. The van der Waals surface area contributed by atoms with E-state index in [0.717, 1.165) is 0 Å². The average Bonchev–Trinajstić information content (AvgIpc) is 2.83. The van der Waals surface area contributed by atoms with Crippen molar-refractivity contribution in [2.75, 3.05) is 0 Å². The van der Waals surface area contributed by atoms with E-state index in [-0.39, 0.29) is 0 Å². The highest BCUT2D eigenvalue weighted by Gasteiger charge is 2.68. The van der Waals surface area contributed by atoms with Crippen molar-refractivity contribution in [3.05, 3.63) is 30.3 Å². The zero-order valence-electron chi connectivity index (χ0n) is 9.49. The minimum absolute atomic E-state index is 0.332. The van der Waals surface area contributed by atoms with Crippen molar-refractivity contribution >= 4 is 10.0 Å². The number of nitrogens with zero attached hydrogens (tertiary/aromatic N) is 1. The molecule has 1 unspecified atom stereocenters. The van der Waals surface area contributed by atoms with Crippen LogP contribution in [-0.4, -0.2) is 24.8 Å². The van der Waals surface area contributed by atoms with Crippen LogP contribution in [0.15, 0.2) is 35.2 Å². The van der Waals surface area contributed by atoms with E-state index < -0.39 is 10.0 Å². The molecule has 3 fully saturated rings. The van der Waals surface area contributed by atoms with Crippen LogP contribution in [0.2, 0.25) is 0 Å². The highest BCUT2D eigenvalue weighted by molar-refractivity contribution is 7.89. The quantitative estimate of drug-likeness (QED) is 0.750. The Labute approximate surface area is 101 Å². The number of hydrogen-bond acceptors (Lipinski definition) is 2. The van der Waals surface area contributed by atoms with E-state index in [9.17, 15) is 8.42 Å². The Balaban J connectivity index is 1.70. The summed E-state index contributed by atoms with van der Waals surface area (Å²) >= 11 is 0. The van der Waals surface area contributed by atoms with E-state index in [1.807, 2.05) is 6.07 Å². The molecule has 2 saturated carbocycles. The minimum Gasteiger partial charge on any atom is -0.207 e. The Morgan fingerprint density at radius 3 is 2.18 bits per heavy atom. The molecule has 17 heavy (non-hydrogen) atoms. The minimum atomic E-state index is -3.22. The van der Waals surface area contributed by atoms with Crippen molar-refractivity contribution in [3.63, 3.8) is 0 Å². The number of piperidine rings is 1.